The Morgan fingerprint density at radius 2 is 1.73 bits per heavy atom. The van der Waals surface area contributed by atoms with E-state index in [1.165, 1.54) is 11.9 Å². The summed E-state index contributed by atoms with van der Waals surface area (Å²) in [6.45, 7) is 3.69. The van der Waals surface area contributed by atoms with Crippen LogP contribution in [-0.2, 0) is 16.1 Å². The molecule has 7 nitrogen and oxygen atoms in total. The average Bonchev–Trinajstić information content (AvgIpc) is 2.92. The number of allylic oxidation sites excluding steroid dienone is 1. The minimum atomic E-state index is -2.65. The number of nitrogens with one attached hydrogen (secondary N) is 2. The number of carbonyl (C=O) groups is 1. The minimum Gasteiger partial charge on any atom is -0.509 e. The third-order valence-electron chi connectivity index (χ3n) is 6.20. The number of hydrogen-bond donors (Lipinski definition) is 3. The van der Waals surface area contributed by atoms with Crippen molar-refractivity contribution >= 4 is 12.2 Å². The van der Waals surface area contributed by atoms with Crippen LogP contribution >= 0.6 is 0 Å². The molecule has 0 radical (unpaired) electrons. The van der Waals surface area contributed by atoms with Crippen LogP contribution in [0, 0.1) is 11.8 Å². The van der Waals surface area contributed by atoms with E-state index in [0.29, 0.717) is 11.3 Å². The highest BCUT2D eigenvalue weighted by molar-refractivity contribution is 5.84. The normalized spacial score (nSPS) is 16.6. The van der Waals surface area contributed by atoms with E-state index in [9.17, 15) is 18.7 Å². The van der Waals surface area contributed by atoms with E-state index >= 15 is 0 Å². The molecule has 1 fully saturated rings. The number of aliphatic hydroxyl groups excluding tert-OH is 1. The lowest BCUT2D eigenvalue weighted by molar-refractivity contribution is -0.123. The summed E-state index contributed by atoms with van der Waals surface area (Å²) in [6.07, 6.45) is -1.09. The van der Waals surface area contributed by atoms with Gasteiger partial charge in [-0.2, -0.15) is 0 Å². The van der Waals surface area contributed by atoms with Crippen LogP contribution in [0.1, 0.15) is 34.6 Å². The summed E-state index contributed by atoms with van der Waals surface area (Å²) in [5, 5.41) is 15.2. The molecule has 3 N–H and O–H groups in total. The van der Waals surface area contributed by atoms with Crippen LogP contribution in [0.2, 0.25) is 0 Å². The Hall–Kier alpha value is -3.74. The molecule has 1 saturated heterocycles. The SMILES string of the molecule is O=C(NCC(F)F)C(CC1=C(O)CN=CN1)c1ccc(C#Cc2ccc(CN3CCOCC3)cc2)cc1. The molecule has 1 amide bonds. The van der Waals surface area contributed by atoms with Crippen molar-refractivity contribution in [3.8, 4) is 11.8 Å². The van der Waals surface area contributed by atoms with Gasteiger partial charge in [-0.05, 0) is 35.4 Å². The van der Waals surface area contributed by atoms with Gasteiger partial charge in [0.15, 0.2) is 0 Å². The number of ether oxygens (including phenoxy) is 1. The van der Waals surface area contributed by atoms with Crippen molar-refractivity contribution in [2.45, 2.75) is 25.3 Å². The summed E-state index contributed by atoms with van der Waals surface area (Å²) < 4.78 is 30.7. The van der Waals surface area contributed by atoms with Crippen LogP contribution < -0.4 is 10.6 Å². The van der Waals surface area contributed by atoms with E-state index in [1.54, 1.807) is 24.3 Å². The Morgan fingerprint density at radius 3 is 2.35 bits per heavy atom. The first-order valence-electron chi connectivity index (χ1n) is 12.2. The highest BCUT2D eigenvalue weighted by Gasteiger charge is 2.25. The van der Waals surface area contributed by atoms with Gasteiger partial charge in [-0.15, -0.1) is 0 Å². The van der Waals surface area contributed by atoms with Gasteiger partial charge in [0, 0.05) is 37.2 Å². The van der Waals surface area contributed by atoms with Gasteiger partial charge in [0.05, 0.1) is 44.3 Å². The van der Waals surface area contributed by atoms with Gasteiger partial charge in [-0.3, -0.25) is 14.7 Å². The van der Waals surface area contributed by atoms with Gasteiger partial charge < -0.3 is 20.5 Å². The number of hydrogen-bond acceptors (Lipinski definition) is 6. The van der Waals surface area contributed by atoms with Gasteiger partial charge in [0.25, 0.3) is 6.43 Å². The quantitative estimate of drug-likeness (QED) is 0.477. The number of aliphatic imine (C=N–C) groups is 1. The Labute approximate surface area is 215 Å². The lowest BCUT2D eigenvalue weighted by Gasteiger charge is -2.26. The fourth-order valence-corrected chi connectivity index (χ4v) is 4.13. The van der Waals surface area contributed by atoms with Crippen molar-refractivity contribution in [1.82, 2.24) is 15.5 Å². The van der Waals surface area contributed by atoms with Crippen LogP contribution in [0.15, 0.2) is 65.0 Å². The molecule has 0 bridgehead atoms. The molecule has 2 aromatic carbocycles. The summed E-state index contributed by atoms with van der Waals surface area (Å²) in [6, 6.07) is 15.3. The smallest absolute Gasteiger partial charge is 0.255 e. The Morgan fingerprint density at radius 1 is 1.08 bits per heavy atom. The molecule has 4 rings (SSSR count). The molecule has 0 saturated carbocycles. The number of halogens is 2. The largest absolute Gasteiger partial charge is 0.509 e. The highest BCUT2D eigenvalue weighted by atomic mass is 19.3. The van der Waals surface area contributed by atoms with Crippen molar-refractivity contribution in [2.24, 2.45) is 4.99 Å². The predicted molar refractivity (Wildman–Crippen MR) is 137 cm³/mol. The van der Waals surface area contributed by atoms with Gasteiger partial charge in [0.1, 0.15) is 5.76 Å². The van der Waals surface area contributed by atoms with E-state index in [0.717, 1.165) is 44.0 Å². The molecular weight excluding hydrogens is 478 g/mol. The van der Waals surface area contributed by atoms with Crippen molar-refractivity contribution in [3.63, 3.8) is 0 Å². The zero-order chi connectivity index (χ0) is 26.0. The first-order valence-corrected chi connectivity index (χ1v) is 12.2. The molecule has 194 valence electrons. The number of amides is 1. The van der Waals surface area contributed by atoms with E-state index in [-0.39, 0.29) is 18.7 Å². The fourth-order valence-electron chi connectivity index (χ4n) is 4.13. The number of benzene rings is 2. The van der Waals surface area contributed by atoms with Crippen LogP contribution in [0.4, 0.5) is 8.78 Å². The number of aliphatic hydroxyl groups is 1. The average molecular weight is 509 g/mol. The third-order valence-corrected chi connectivity index (χ3v) is 6.20. The standard InChI is InChI=1S/C28H30F2N4O3/c29-27(30)17-32-28(36)24(15-25-26(35)16-31-19-33-25)23-9-7-21(8-10-23)2-1-20-3-5-22(6-4-20)18-34-11-13-37-14-12-34/h3-10,19,24,27,35H,11-18H2,(H,31,33)(H,32,36). The number of alkyl halides is 2. The van der Waals surface area contributed by atoms with E-state index in [2.05, 4.69) is 44.5 Å². The second-order valence-corrected chi connectivity index (χ2v) is 8.89. The van der Waals surface area contributed by atoms with Crippen molar-refractivity contribution in [2.75, 3.05) is 39.4 Å². The van der Waals surface area contributed by atoms with Gasteiger partial charge >= 0.3 is 0 Å². The number of morpholine rings is 1. The van der Waals surface area contributed by atoms with Crippen LogP contribution in [0.3, 0.4) is 0 Å². The molecule has 0 spiro atoms. The Kier molecular flexibility index (Phi) is 9.24. The van der Waals surface area contributed by atoms with Crippen molar-refractivity contribution in [1.29, 1.82) is 0 Å². The molecule has 2 heterocycles. The maximum Gasteiger partial charge on any atom is 0.255 e. The molecule has 37 heavy (non-hydrogen) atoms. The second-order valence-electron chi connectivity index (χ2n) is 8.89. The van der Waals surface area contributed by atoms with E-state index in [4.69, 9.17) is 4.74 Å². The topological polar surface area (TPSA) is 86.2 Å². The second kappa shape index (κ2) is 13.0. The summed E-state index contributed by atoms with van der Waals surface area (Å²) in [4.78, 5) is 19.0. The first-order chi connectivity index (χ1) is 18.0. The molecule has 2 aliphatic rings. The Bertz CT molecular complexity index is 1180. The van der Waals surface area contributed by atoms with Gasteiger partial charge in [-0.1, -0.05) is 36.1 Å². The summed E-state index contributed by atoms with van der Waals surface area (Å²) in [5.41, 5.74) is 3.96. The van der Waals surface area contributed by atoms with E-state index < -0.39 is 24.8 Å². The van der Waals surface area contributed by atoms with Gasteiger partial charge in [0.2, 0.25) is 5.91 Å². The number of carbonyl (C=O) groups excluding carboxylic acids is 1. The lowest BCUT2D eigenvalue weighted by atomic mass is 9.92. The highest BCUT2D eigenvalue weighted by Crippen LogP contribution is 2.25. The molecule has 1 atom stereocenters. The van der Waals surface area contributed by atoms with Crippen molar-refractivity contribution < 1.29 is 23.4 Å². The minimum absolute atomic E-state index is 0.0209. The molecule has 2 aromatic rings. The maximum atomic E-state index is 12.7. The lowest BCUT2D eigenvalue weighted by Crippen LogP contribution is -2.35. The third kappa shape index (κ3) is 7.87. The maximum absolute atomic E-state index is 12.7. The number of nitrogens with zero attached hydrogens (tertiary/aromatic N) is 2. The van der Waals surface area contributed by atoms with Crippen LogP contribution in [0.5, 0.6) is 0 Å². The van der Waals surface area contributed by atoms with Crippen LogP contribution in [-0.4, -0.2) is 68.1 Å². The Balaban J connectivity index is 1.43. The van der Waals surface area contributed by atoms with Crippen molar-refractivity contribution in [3.05, 3.63) is 82.2 Å². The van der Waals surface area contributed by atoms with E-state index in [1.807, 2.05) is 12.1 Å². The summed E-state index contributed by atoms with van der Waals surface area (Å²) >= 11 is 0. The molecule has 0 aliphatic carbocycles. The number of rotatable bonds is 8. The monoisotopic (exact) mass is 508 g/mol. The van der Waals surface area contributed by atoms with Crippen LogP contribution in [0.25, 0.3) is 0 Å². The molecule has 0 aromatic heterocycles. The first kappa shape index (κ1) is 26.3. The molecule has 2 aliphatic heterocycles. The zero-order valence-corrected chi connectivity index (χ0v) is 20.4. The molecule has 1 unspecified atom stereocenters. The summed E-state index contributed by atoms with van der Waals surface area (Å²) in [5.74, 6) is 5.00. The fraction of sp³-hybridized carbons (Fsp3) is 0.357. The molecular formula is C28H30F2N4O3. The molecule has 9 heteroatoms. The predicted octanol–water partition coefficient (Wildman–Crippen LogP) is 3.17. The summed E-state index contributed by atoms with van der Waals surface area (Å²) in [7, 11) is 0. The zero-order valence-electron chi connectivity index (χ0n) is 20.4. The van der Waals surface area contributed by atoms with Gasteiger partial charge in [-0.25, -0.2) is 8.78 Å².